The number of rotatable bonds is 6. The molecular formula is C12H13F4NO3. The minimum atomic E-state index is -4.56. The molecule has 0 unspecified atom stereocenters. The Morgan fingerprint density at radius 1 is 1.30 bits per heavy atom. The van der Waals surface area contributed by atoms with Gasteiger partial charge in [0.05, 0.1) is 13.5 Å². The molecule has 1 rings (SSSR count). The molecule has 112 valence electrons. The van der Waals surface area contributed by atoms with Crippen LogP contribution in [0.2, 0.25) is 0 Å². The number of alkyl halides is 4. The van der Waals surface area contributed by atoms with Crippen molar-refractivity contribution in [2.75, 3.05) is 7.11 Å². The largest absolute Gasteiger partial charge is 0.469 e. The molecular weight excluding hydrogens is 282 g/mol. The van der Waals surface area contributed by atoms with Crippen LogP contribution in [0.4, 0.5) is 17.6 Å². The average Bonchev–Trinajstić information content (AvgIpc) is 2.38. The van der Waals surface area contributed by atoms with Gasteiger partial charge in [-0.1, -0.05) is 12.1 Å². The number of esters is 1. The summed E-state index contributed by atoms with van der Waals surface area (Å²) in [5, 5.41) is 0. The van der Waals surface area contributed by atoms with Crippen molar-refractivity contribution in [3.05, 3.63) is 29.8 Å². The summed E-state index contributed by atoms with van der Waals surface area (Å²) in [5.41, 5.74) is 6.15. The first-order chi connectivity index (χ1) is 9.26. The molecule has 0 bridgehead atoms. The molecule has 0 amide bonds. The minimum Gasteiger partial charge on any atom is -0.469 e. The van der Waals surface area contributed by atoms with E-state index in [-0.39, 0.29) is 6.42 Å². The highest BCUT2D eigenvalue weighted by Gasteiger charge is 2.43. The van der Waals surface area contributed by atoms with Crippen molar-refractivity contribution in [2.45, 2.75) is 25.0 Å². The predicted octanol–water partition coefficient (Wildman–Crippen LogP) is 2.49. The highest BCUT2D eigenvalue weighted by Crippen LogP contribution is 2.28. The monoisotopic (exact) mass is 295 g/mol. The Hall–Kier alpha value is -1.83. The van der Waals surface area contributed by atoms with E-state index in [0.717, 1.165) is 12.1 Å². The van der Waals surface area contributed by atoms with E-state index in [1.165, 1.54) is 19.2 Å². The van der Waals surface area contributed by atoms with Gasteiger partial charge in [0.2, 0.25) is 0 Å². The number of hydrogen-bond donors (Lipinski definition) is 1. The van der Waals surface area contributed by atoms with Crippen molar-refractivity contribution < 1.29 is 31.8 Å². The Bertz CT molecular complexity index is 451. The van der Waals surface area contributed by atoms with Crippen LogP contribution in [0.25, 0.3) is 0 Å². The molecule has 1 aromatic carbocycles. The maximum atomic E-state index is 12.7. The third-order valence-electron chi connectivity index (χ3n) is 2.43. The predicted molar refractivity (Wildman–Crippen MR) is 61.6 cm³/mol. The van der Waals surface area contributed by atoms with Gasteiger partial charge in [0.15, 0.2) is 0 Å². The van der Waals surface area contributed by atoms with Crippen LogP contribution in [0.3, 0.4) is 0 Å². The molecule has 0 aliphatic carbocycles. The molecule has 4 nitrogen and oxygen atoms in total. The Morgan fingerprint density at radius 2 is 1.85 bits per heavy atom. The van der Waals surface area contributed by atoms with Gasteiger partial charge in [-0.05, 0) is 17.7 Å². The number of halogens is 4. The van der Waals surface area contributed by atoms with Gasteiger partial charge in [0.1, 0.15) is 5.75 Å². The second-order valence-corrected chi connectivity index (χ2v) is 3.92. The molecule has 0 saturated carbocycles. The SMILES string of the molecule is COC(=O)C[C@@H](N)c1ccc(OC(F)(F)C(F)F)cc1. The normalized spacial score (nSPS) is 13.2. The lowest BCUT2D eigenvalue weighted by Gasteiger charge is -2.17. The van der Waals surface area contributed by atoms with Crippen molar-refractivity contribution in [3.63, 3.8) is 0 Å². The van der Waals surface area contributed by atoms with Crippen LogP contribution in [-0.4, -0.2) is 25.6 Å². The molecule has 0 heterocycles. The number of nitrogens with two attached hydrogens (primary N) is 1. The van der Waals surface area contributed by atoms with Gasteiger partial charge >= 0.3 is 18.5 Å². The summed E-state index contributed by atoms with van der Waals surface area (Å²) in [7, 11) is 1.21. The van der Waals surface area contributed by atoms with Crippen LogP contribution in [0, 0.1) is 0 Å². The fourth-order valence-corrected chi connectivity index (χ4v) is 1.37. The van der Waals surface area contributed by atoms with Crippen molar-refractivity contribution in [3.8, 4) is 5.75 Å². The molecule has 0 saturated heterocycles. The summed E-state index contributed by atoms with van der Waals surface area (Å²) < 4.78 is 57.5. The van der Waals surface area contributed by atoms with Crippen molar-refractivity contribution in [2.24, 2.45) is 5.73 Å². The summed E-state index contributed by atoms with van der Waals surface area (Å²) in [4.78, 5) is 11.0. The van der Waals surface area contributed by atoms with Gasteiger partial charge in [-0.3, -0.25) is 4.79 Å². The summed E-state index contributed by atoms with van der Waals surface area (Å²) >= 11 is 0. The molecule has 0 spiro atoms. The number of ether oxygens (including phenoxy) is 2. The first-order valence-corrected chi connectivity index (χ1v) is 5.53. The molecule has 1 atom stereocenters. The zero-order valence-corrected chi connectivity index (χ0v) is 10.5. The maximum absolute atomic E-state index is 12.7. The first-order valence-electron chi connectivity index (χ1n) is 5.53. The number of benzene rings is 1. The van der Waals surface area contributed by atoms with E-state index < -0.39 is 30.3 Å². The topological polar surface area (TPSA) is 61.5 Å². The van der Waals surface area contributed by atoms with E-state index >= 15 is 0 Å². The number of hydrogen-bond acceptors (Lipinski definition) is 4. The number of carbonyl (C=O) groups excluding carboxylic acids is 1. The molecule has 0 aliphatic heterocycles. The molecule has 8 heteroatoms. The molecule has 1 aromatic rings. The van der Waals surface area contributed by atoms with Gasteiger partial charge in [-0.25, -0.2) is 0 Å². The van der Waals surface area contributed by atoms with Crippen LogP contribution in [-0.2, 0) is 9.53 Å². The fourth-order valence-electron chi connectivity index (χ4n) is 1.37. The summed E-state index contributed by atoms with van der Waals surface area (Å²) in [6.45, 7) is 0. The van der Waals surface area contributed by atoms with Gasteiger partial charge in [-0.2, -0.15) is 17.6 Å². The average molecular weight is 295 g/mol. The van der Waals surface area contributed by atoms with Gasteiger partial charge in [-0.15, -0.1) is 0 Å². The van der Waals surface area contributed by atoms with Crippen LogP contribution in [0.5, 0.6) is 5.75 Å². The van der Waals surface area contributed by atoms with Gasteiger partial charge < -0.3 is 15.2 Å². The minimum absolute atomic E-state index is 0.0934. The standard InChI is InChI=1S/C12H13F4NO3/c1-19-10(18)6-9(17)7-2-4-8(5-3-7)20-12(15,16)11(13)14/h2-5,9,11H,6,17H2,1H3/t9-/m1/s1. The van der Waals surface area contributed by atoms with Crippen molar-refractivity contribution in [1.29, 1.82) is 0 Å². The third-order valence-corrected chi connectivity index (χ3v) is 2.43. The zero-order chi connectivity index (χ0) is 15.3. The Labute approximate surface area is 112 Å². The molecule has 2 N–H and O–H groups in total. The van der Waals surface area contributed by atoms with E-state index in [9.17, 15) is 22.4 Å². The van der Waals surface area contributed by atoms with E-state index in [1.54, 1.807) is 0 Å². The Morgan fingerprint density at radius 3 is 2.30 bits per heavy atom. The lowest BCUT2D eigenvalue weighted by Crippen LogP contribution is -2.33. The second kappa shape index (κ2) is 6.56. The fraction of sp³-hybridized carbons (Fsp3) is 0.417. The van der Waals surface area contributed by atoms with Crippen molar-refractivity contribution in [1.82, 2.24) is 0 Å². The van der Waals surface area contributed by atoms with E-state index in [0.29, 0.717) is 5.56 Å². The van der Waals surface area contributed by atoms with Gasteiger partial charge in [0.25, 0.3) is 0 Å². The second-order valence-electron chi connectivity index (χ2n) is 3.92. The lowest BCUT2D eigenvalue weighted by atomic mass is 10.0. The highest BCUT2D eigenvalue weighted by atomic mass is 19.3. The van der Waals surface area contributed by atoms with Crippen molar-refractivity contribution >= 4 is 5.97 Å². The molecule has 0 fully saturated rings. The van der Waals surface area contributed by atoms with Crippen LogP contribution in [0.15, 0.2) is 24.3 Å². The number of methoxy groups -OCH3 is 1. The zero-order valence-electron chi connectivity index (χ0n) is 10.5. The highest BCUT2D eigenvalue weighted by molar-refractivity contribution is 5.70. The first kappa shape index (κ1) is 16.2. The van der Waals surface area contributed by atoms with Crippen LogP contribution < -0.4 is 10.5 Å². The summed E-state index contributed by atoms with van der Waals surface area (Å²) in [6.07, 6.45) is -8.58. The molecule has 0 radical (unpaired) electrons. The van der Waals surface area contributed by atoms with Gasteiger partial charge in [0, 0.05) is 6.04 Å². The van der Waals surface area contributed by atoms with Crippen LogP contribution >= 0.6 is 0 Å². The number of carbonyl (C=O) groups is 1. The molecule has 0 aromatic heterocycles. The lowest BCUT2D eigenvalue weighted by molar-refractivity contribution is -0.253. The Balaban J connectivity index is 2.71. The molecule has 0 aliphatic rings. The summed E-state index contributed by atoms with van der Waals surface area (Å²) in [6, 6.07) is 4.08. The van der Waals surface area contributed by atoms with E-state index in [2.05, 4.69) is 9.47 Å². The molecule has 20 heavy (non-hydrogen) atoms. The maximum Gasteiger partial charge on any atom is 0.461 e. The third kappa shape index (κ3) is 4.37. The van der Waals surface area contributed by atoms with Crippen LogP contribution in [0.1, 0.15) is 18.0 Å². The summed E-state index contributed by atoms with van der Waals surface area (Å²) in [5.74, 6) is -0.952. The quantitative estimate of drug-likeness (QED) is 0.647. The Kier molecular flexibility index (Phi) is 5.32. The van der Waals surface area contributed by atoms with E-state index in [4.69, 9.17) is 5.73 Å². The smallest absolute Gasteiger partial charge is 0.461 e. The van der Waals surface area contributed by atoms with E-state index in [1.807, 2.05) is 0 Å².